The van der Waals surface area contributed by atoms with Crippen LogP contribution in [0.4, 0.5) is 20.2 Å². The molecule has 94 valence electrons. The molecule has 0 aromatic heterocycles. The number of halogens is 2. The minimum Gasteiger partial charge on any atom is -0.398 e. The van der Waals surface area contributed by atoms with Gasteiger partial charge in [-0.15, -0.1) is 0 Å². The summed E-state index contributed by atoms with van der Waals surface area (Å²) >= 11 is 0. The van der Waals surface area contributed by atoms with Crippen LogP contribution in [0.5, 0.6) is 0 Å². The second-order valence-corrected chi connectivity index (χ2v) is 5.65. The lowest BCUT2D eigenvalue weighted by Gasteiger charge is -2.30. The van der Waals surface area contributed by atoms with Gasteiger partial charge in [-0.2, -0.15) is 8.78 Å². The Morgan fingerprint density at radius 3 is 2.71 bits per heavy atom. The van der Waals surface area contributed by atoms with E-state index in [1.54, 1.807) is 12.1 Å². The van der Waals surface area contributed by atoms with Crippen molar-refractivity contribution >= 4 is 21.4 Å². The summed E-state index contributed by atoms with van der Waals surface area (Å²) in [5, 5.41) is 0. The Balaban J connectivity index is 2.53. The van der Waals surface area contributed by atoms with Gasteiger partial charge in [0, 0.05) is 12.2 Å². The van der Waals surface area contributed by atoms with E-state index in [4.69, 9.17) is 5.73 Å². The standard InChI is InChI=1S/C10H12F2N2O2S/c11-10(12)17(15,16)14-6-2-3-7-8(13)4-1-5-9(7)14/h1,4-5,10H,2-3,6,13H2. The lowest BCUT2D eigenvalue weighted by molar-refractivity contribution is 0.234. The number of anilines is 2. The van der Waals surface area contributed by atoms with Crippen LogP contribution in [0.2, 0.25) is 0 Å². The lowest BCUT2D eigenvalue weighted by Crippen LogP contribution is -2.39. The topological polar surface area (TPSA) is 63.4 Å². The highest BCUT2D eigenvalue weighted by molar-refractivity contribution is 7.93. The summed E-state index contributed by atoms with van der Waals surface area (Å²) in [4.78, 5) is 0. The van der Waals surface area contributed by atoms with Gasteiger partial charge >= 0.3 is 5.76 Å². The van der Waals surface area contributed by atoms with Crippen molar-refractivity contribution in [2.24, 2.45) is 0 Å². The summed E-state index contributed by atoms with van der Waals surface area (Å²) in [6.45, 7) is 0.0725. The third-order valence-electron chi connectivity index (χ3n) is 2.78. The molecule has 1 heterocycles. The number of fused-ring (bicyclic) bond motifs is 1. The molecule has 0 aliphatic carbocycles. The van der Waals surface area contributed by atoms with Crippen LogP contribution < -0.4 is 10.0 Å². The van der Waals surface area contributed by atoms with E-state index in [1.165, 1.54) is 6.07 Å². The van der Waals surface area contributed by atoms with E-state index in [2.05, 4.69) is 0 Å². The Morgan fingerprint density at radius 2 is 2.06 bits per heavy atom. The van der Waals surface area contributed by atoms with E-state index in [-0.39, 0.29) is 12.2 Å². The molecule has 2 rings (SSSR count). The third-order valence-corrected chi connectivity index (χ3v) is 4.22. The van der Waals surface area contributed by atoms with Crippen molar-refractivity contribution in [2.75, 3.05) is 16.6 Å². The second kappa shape index (κ2) is 4.14. The number of sulfonamides is 1. The Labute approximate surface area is 98.1 Å². The molecule has 0 bridgehead atoms. The van der Waals surface area contributed by atoms with Crippen LogP contribution in [0.1, 0.15) is 12.0 Å². The smallest absolute Gasteiger partial charge is 0.355 e. The van der Waals surface area contributed by atoms with Gasteiger partial charge in [-0.25, -0.2) is 8.42 Å². The highest BCUT2D eigenvalue weighted by atomic mass is 32.2. The highest BCUT2D eigenvalue weighted by Gasteiger charge is 2.35. The van der Waals surface area contributed by atoms with Gasteiger partial charge in [0.1, 0.15) is 0 Å². The molecule has 1 aliphatic rings. The number of nitrogens with zero attached hydrogens (tertiary/aromatic N) is 1. The Bertz CT molecular complexity index is 531. The Hall–Kier alpha value is -1.37. The largest absolute Gasteiger partial charge is 0.398 e. The number of benzene rings is 1. The van der Waals surface area contributed by atoms with Crippen LogP contribution in [-0.2, 0) is 16.4 Å². The molecular weight excluding hydrogens is 250 g/mol. The lowest BCUT2D eigenvalue weighted by atomic mass is 10.0. The van der Waals surface area contributed by atoms with Crippen molar-refractivity contribution in [1.29, 1.82) is 0 Å². The van der Waals surface area contributed by atoms with Gasteiger partial charge in [0.2, 0.25) is 0 Å². The zero-order chi connectivity index (χ0) is 12.6. The molecule has 0 saturated heterocycles. The van der Waals surface area contributed by atoms with E-state index in [0.717, 1.165) is 4.31 Å². The fraction of sp³-hybridized carbons (Fsp3) is 0.400. The summed E-state index contributed by atoms with van der Waals surface area (Å²) in [5.41, 5.74) is 7.06. The number of rotatable bonds is 2. The maximum Gasteiger partial charge on any atom is 0.355 e. The first-order valence-electron chi connectivity index (χ1n) is 5.11. The van der Waals surface area contributed by atoms with E-state index < -0.39 is 15.8 Å². The molecule has 0 amide bonds. The molecule has 0 saturated carbocycles. The third kappa shape index (κ3) is 1.95. The molecule has 0 fully saturated rings. The molecule has 2 N–H and O–H groups in total. The van der Waals surface area contributed by atoms with Crippen LogP contribution in [0.15, 0.2) is 18.2 Å². The SMILES string of the molecule is Nc1cccc2c1CCCN2S(=O)(=O)C(F)F. The maximum absolute atomic E-state index is 12.5. The van der Waals surface area contributed by atoms with Crippen molar-refractivity contribution in [1.82, 2.24) is 0 Å². The van der Waals surface area contributed by atoms with Gasteiger partial charge in [0.25, 0.3) is 10.0 Å². The van der Waals surface area contributed by atoms with Crippen molar-refractivity contribution in [3.8, 4) is 0 Å². The number of nitrogen functional groups attached to an aromatic ring is 1. The van der Waals surface area contributed by atoms with Crippen LogP contribution in [0.25, 0.3) is 0 Å². The second-order valence-electron chi connectivity index (χ2n) is 3.83. The fourth-order valence-electron chi connectivity index (χ4n) is 1.98. The molecule has 1 aliphatic heterocycles. The fourth-order valence-corrected chi connectivity index (χ4v) is 3.00. The molecule has 4 nitrogen and oxygen atoms in total. The van der Waals surface area contributed by atoms with E-state index in [9.17, 15) is 17.2 Å². The molecular formula is C10H12F2N2O2S. The van der Waals surface area contributed by atoms with E-state index in [0.29, 0.717) is 24.1 Å². The first-order valence-corrected chi connectivity index (χ1v) is 6.62. The predicted octanol–water partition coefficient (Wildman–Crippen LogP) is 1.57. The number of hydrogen-bond acceptors (Lipinski definition) is 3. The minimum absolute atomic E-state index is 0.0725. The molecule has 0 atom stereocenters. The van der Waals surface area contributed by atoms with E-state index in [1.807, 2.05) is 0 Å². The molecule has 7 heteroatoms. The molecule has 0 radical (unpaired) electrons. The summed E-state index contributed by atoms with van der Waals surface area (Å²) < 4.78 is 48.8. The molecule has 0 spiro atoms. The minimum atomic E-state index is -4.59. The number of hydrogen-bond donors (Lipinski definition) is 1. The van der Waals surface area contributed by atoms with E-state index >= 15 is 0 Å². The van der Waals surface area contributed by atoms with Crippen LogP contribution in [-0.4, -0.2) is 20.7 Å². The van der Waals surface area contributed by atoms with Gasteiger partial charge in [-0.3, -0.25) is 4.31 Å². The predicted molar refractivity (Wildman–Crippen MR) is 61.4 cm³/mol. The summed E-state index contributed by atoms with van der Waals surface area (Å²) in [5.74, 6) is -3.41. The Morgan fingerprint density at radius 1 is 1.35 bits per heavy atom. The molecule has 17 heavy (non-hydrogen) atoms. The van der Waals surface area contributed by atoms with Crippen LogP contribution in [0, 0.1) is 0 Å². The zero-order valence-electron chi connectivity index (χ0n) is 8.94. The first-order chi connectivity index (χ1) is 7.94. The van der Waals surface area contributed by atoms with Gasteiger partial charge in [0.05, 0.1) is 5.69 Å². The number of nitrogens with two attached hydrogens (primary N) is 1. The molecule has 1 aromatic rings. The first kappa shape index (κ1) is 12.1. The maximum atomic E-state index is 12.5. The summed E-state index contributed by atoms with van der Waals surface area (Å²) in [6.07, 6.45) is 1.10. The normalized spacial score (nSPS) is 16.1. The van der Waals surface area contributed by atoms with Crippen molar-refractivity contribution in [2.45, 2.75) is 18.6 Å². The van der Waals surface area contributed by atoms with Gasteiger partial charge < -0.3 is 5.73 Å². The quantitative estimate of drug-likeness (QED) is 0.823. The van der Waals surface area contributed by atoms with Gasteiger partial charge in [-0.1, -0.05) is 6.07 Å². The van der Waals surface area contributed by atoms with Crippen molar-refractivity contribution in [3.05, 3.63) is 23.8 Å². The molecule has 0 unspecified atom stereocenters. The van der Waals surface area contributed by atoms with Crippen LogP contribution in [0.3, 0.4) is 0 Å². The monoisotopic (exact) mass is 262 g/mol. The zero-order valence-corrected chi connectivity index (χ0v) is 9.75. The number of alkyl halides is 2. The van der Waals surface area contributed by atoms with Gasteiger partial charge in [-0.05, 0) is 30.5 Å². The average Bonchev–Trinajstić information content (AvgIpc) is 2.28. The van der Waals surface area contributed by atoms with Crippen molar-refractivity contribution in [3.63, 3.8) is 0 Å². The average molecular weight is 262 g/mol. The molecule has 1 aromatic carbocycles. The van der Waals surface area contributed by atoms with Crippen molar-refractivity contribution < 1.29 is 17.2 Å². The van der Waals surface area contributed by atoms with Gasteiger partial charge in [0.15, 0.2) is 0 Å². The van der Waals surface area contributed by atoms with Crippen LogP contribution >= 0.6 is 0 Å². The summed E-state index contributed by atoms with van der Waals surface area (Å²) in [6, 6.07) is 4.70. The Kier molecular flexibility index (Phi) is 2.94. The summed E-state index contributed by atoms with van der Waals surface area (Å²) in [7, 11) is -4.59. The highest BCUT2D eigenvalue weighted by Crippen LogP contribution is 2.34.